The van der Waals surface area contributed by atoms with E-state index >= 15 is 0 Å². The first kappa shape index (κ1) is 70.3. The minimum absolute atomic E-state index is 0.139. The van der Waals surface area contributed by atoms with E-state index in [1.807, 2.05) is 48.5 Å². The van der Waals surface area contributed by atoms with Crippen LogP contribution in [0.5, 0.6) is 0 Å². The van der Waals surface area contributed by atoms with Crippen LogP contribution in [-0.4, -0.2) is 63.0 Å². The number of alkyl halides is 4. The standard InChI is InChI=1S/2C20H22F2N2O2.2C19H21ClN2O2/c2*1-3-6-15-13-9-10-20(15,16-8-5-4-7-12(13)16)26-19(25)14-11-24(2)23-17(14)18(21)22;2*1-3-6-15-13-9-10-19(15,16-8-5-4-7-12(13)16)24-18(23)14-11-21-22(2)17(14)20/h2*4-5,7-8,11,13,15,18H,3,6,9-10H2,1-2H3;2*4-5,7-8,11,13,15H,3,6,9-10H2,1-2H3. The average Bonchev–Trinajstić information content (AvgIpc) is 1.57. The van der Waals surface area contributed by atoms with Crippen LogP contribution in [0.4, 0.5) is 17.6 Å². The van der Waals surface area contributed by atoms with Gasteiger partial charge in [0.1, 0.15) is 66.4 Å². The number of hydrogen-bond donors (Lipinski definition) is 0. The zero-order chi connectivity index (χ0) is 70.7. The van der Waals surface area contributed by atoms with Gasteiger partial charge >= 0.3 is 23.9 Å². The summed E-state index contributed by atoms with van der Waals surface area (Å²) < 4.78 is 82.9. The van der Waals surface area contributed by atoms with Crippen LogP contribution in [-0.2, 0) is 69.5 Å². The summed E-state index contributed by atoms with van der Waals surface area (Å²) in [6.07, 6.45) is 15.5. The number of esters is 4. The second-order valence-electron chi connectivity index (χ2n) is 28.4. The fourth-order valence-corrected chi connectivity index (χ4v) is 19.7. The van der Waals surface area contributed by atoms with Crippen LogP contribution in [0.15, 0.2) is 122 Å². The van der Waals surface area contributed by atoms with Crippen LogP contribution in [0.2, 0.25) is 10.3 Å². The van der Waals surface area contributed by atoms with Crippen molar-refractivity contribution in [1.29, 1.82) is 0 Å². The summed E-state index contributed by atoms with van der Waals surface area (Å²) in [7, 11) is 6.48. The number of rotatable bonds is 18. The lowest BCUT2D eigenvalue weighted by molar-refractivity contribution is -0.0421. The summed E-state index contributed by atoms with van der Waals surface area (Å²) in [5.74, 6) is 0.748. The zero-order valence-electron chi connectivity index (χ0n) is 57.7. The van der Waals surface area contributed by atoms with Crippen molar-refractivity contribution in [3.8, 4) is 0 Å². The maximum atomic E-state index is 13.3. The van der Waals surface area contributed by atoms with E-state index in [9.17, 15) is 36.7 Å². The Balaban J connectivity index is 0.000000120. The molecule has 0 N–H and O–H groups in total. The number of fused-ring (bicyclic) bond motifs is 20. The molecule has 4 aromatic heterocycles. The maximum Gasteiger partial charge on any atom is 0.343 e. The average molecular weight is 1410 g/mol. The lowest BCUT2D eigenvalue weighted by Crippen LogP contribution is -2.34. The Morgan fingerprint density at radius 2 is 0.680 bits per heavy atom. The molecule has 0 spiro atoms. The Kier molecular flexibility index (Phi) is 19.7. The van der Waals surface area contributed by atoms with Gasteiger partial charge in [-0.25, -0.2) is 36.7 Å². The number of ether oxygens (including phenoxy) is 4. The van der Waals surface area contributed by atoms with Crippen molar-refractivity contribution >= 4 is 47.1 Å². The molecule has 4 heterocycles. The third-order valence-corrected chi connectivity index (χ3v) is 24.0. The van der Waals surface area contributed by atoms with Crippen LogP contribution in [0.3, 0.4) is 0 Å². The number of carbonyl (C=O) groups excluding carboxylic acids is 4. The van der Waals surface area contributed by atoms with Crippen LogP contribution >= 0.6 is 23.2 Å². The molecule has 22 heteroatoms. The van der Waals surface area contributed by atoms with Crippen molar-refractivity contribution < 1.29 is 55.7 Å². The molecular formula is C78H86Cl2F4N8O8. The molecule has 8 aromatic rings. The number of carbonyl (C=O) groups is 4. The third-order valence-electron chi connectivity index (χ3n) is 23.1. The zero-order valence-corrected chi connectivity index (χ0v) is 59.3. The van der Waals surface area contributed by atoms with Crippen molar-refractivity contribution in [2.24, 2.45) is 51.9 Å². The number of benzene rings is 4. The van der Waals surface area contributed by atoms with E-state index in [-0.39, 0.29) is 34.9 Å². The third kappa shape index (κ3) is 11.8. The molecule has 0 radical (unpaired) electrons. The predicted octanol–water partition coefficient (Wildman–Crippen LogP) is 18.3. The van der Waals surface area contributed by atoms with Gasteiger partial charge in [0.15, 0.2) is 0 Å². The SMILES string of the molecule is CCCC1C2CCC1(OC(=O)c1cn(C)nc1C(F)F)c1ccccc12.CCCC1C2CCC1(OC(=O)c1cn(C)nc1C(F)F)c1ccccc12.CCCC1C2CCC1(OC(=O)c1cnn(C)c1Cl)c1ccccc12.CCCC1C2CCC1(OC(=O)c1cnn(C)c1Cl)c1ccccc12. The van der Waals surface area contributed by atoms with Gasteiger partial charge in [-0.2, -0.15) is 20.4 Å². The number of nitrogens with zero attached hydrogens (tertiary/aromatic N) is 8. The molecule has 8 aliphatic rings. The van der Waals surface area contributed by atoms with Crippen LogP contribution in [0.25, 0.3) is 0 Å². The van der Waals surface area contributed by atoms with E-state index in [0.717, 1.165) is 114 Å². The summed E-state index contributed by atoms with van der Waals surface area (Å²) in [5, 5.41) is 16.2. The lowest BCUT2D eigenvalue weighted by atomic mass is 9.85. The molecule has 4 saturated carbocycles. The molecule has 16 nitrogen and oxygen atoms in total. The van der Waals surface area contributed by atoms with Crippen LogP contribution in [0.1, 0.15) is 264 Å². The van der Waals surface area contributed by atoms with E-state index in [2.05, 4.69) is 96.6 Å². The molecule has 8 bridgehead atoms. The molecule has 528 valence electrons. The molecule has 4 aromatic carbocycles. The Morgan fingerprint density at radius 3 is 0.910 bits per heavy atom. The van der Waals surface area contributed by atoms with E-state index in [4.69, 9.17) is 42.1 Å². The van der Waals surface area contributed by atoms with Gasteiger partial charge < -0.3 is 18.9 Å². The quantitative estimate of drug-likeness (QED) is 0.0452. The Hall–Kier alpha value is -8.10. The summed E-state index contributed by atoms with van der Waals surface area (Å²) in [6, 6.07) is 33.0. The number of aryl methyl sites for hydroxylation is 4. The normalized spacial score (nSPS) is 26.8. The smallest absolute Gasteiger partial charge is 0.343 e. The van der Waals surface area contributed by atoms with Crippen LogP contribution < -0.4 is 0 Å². The van der Waals surface area contributed by atoms with Crippen molar-refractivity contribution in [1.82, 2.24) is 39.1 Å². The largest absolute Gasteiger partial charge is 0.450 e. The van der Waals surface area contributed by atoms with Gasteiger partial charge in [-0.05, 0) is 145 Å². The highest BCUT2D eigenvalue weighted by molar-refractivity contribution is 6.33. The second-order valence-corrected chi connectivity index (χ2v) is 29.1. The molecule has 8 aliphatic carbocycles. The molecule has 0 saturated heterocycles. The molecule has 16 rings (SSSR count). The Labute approximate surface area is 590 Å². The van der Waals surface area contributed by atoms with Gasteiger partial charge in [0.05, 0.1) is 12.4 Å². The van der Waals surface area contributed by atoms with E-state index < -0.39 is 58.6 Å². The fourth-order valence-electron chi connectivity index (χ4n) is 19.3. The first-order chi connectivity index (χ1) is 48.1. The Bertz CT molecular complexity index is 4120. The van der Waals surface area contributed by atoms with Gasteiger partial charge in [-0.15, -0.1) is 0 Å². The predicted molar refractivity (Wildman–Crippen MR) is 368 cm³/mol. The summed E-state index contributed by atoms with van der Waals surface area (Å²) in [5.41, 5.74) is 6.62. The highest BCUT2D eigenvalue weighted by Crippen LogP contribution is 2.67. The molecule has 100 heavy (non-hydrogen) atoms. The highest BCUT2D eigenvalue weighted by atomic mass is 35.5. The second kappa shape index (κ2) is 28.0. The van der Waals surface area contributed by atoms with Crippen molar-refractivity contribution in [2.45, 2.75) is 189 Å². The molecule has 12 unspecified atom stereocenters. The van der Waals surface area contributed by atoms with E-state index in [1.165, 1.54) is 91.0 Å². The monoisotopic (exact) mass is 1410 g/mol. The van der Waals surface area contributed by atoms with E-state index in [0.29, 0.717) is 56.9 Å². The molecule has 12 atom stereocenters. The van der Waals surface area contributed by atoms with Crippen LogP contribution in [0, 0.1) is 23.7 Å². The highest BCUT2D eigenvalue weighted by Gasteiger charge is 2.63. The minimum atomic E-state index is -2.81. The number of aromatic nitrogens is 8. The fraction of sp³-hybridized carbons (Fsp3) is 0.487. The topological polar surface area (TPSA) is 176 Å². The van der Waals surface area contributed by atoms with Gasteiger partial charge in [-0.1, -0.05) is 174 Å². The minimum Gasteiger partial charge on any atom is -0.450 e. The molecular weight excluding hydrogens is 1320 g/mol. The summed E-state index contributed by atoms with van der Waals surface area (Å²) in [6.45, 7) is 8.62. The molecule has 0 aliphatic heterocycles. The van der Waals surface area contributed by atoms with Crippen molar-refractivity contribution in [3.63, 3.8) is 0 Å². The van der Waals surface area contributed by atoms with E-state index in [1.54, 1.807) is 14.1 Å². The first-order valence-electron chi connectivity index (χ1n) is 35.4. The van der Waals surface area contributed by atoms with Gasteiger partial charge in [0.2, 0.25) is 0 Å². The lowest BCUT2D eigenvalue weighted by Gasteiger charge is -2.33. The first-order valence-corrected chi connectivity index (χ1v) is 36.2. The molecule has 0 amide bonds. The van der Waals surface area contributed by atoms with Gasteiger partial charge in [-0.3, -0.25) is 18.7 Å². The Morgan fingerprint density at radius 1 is 0.430 bits per heavy atom. The van der Waals surface area contributed by atoms with Crippen molar-refractivity contribution in [2.75, 3.05) is 0 Å². The summed E-state index contributed by atoms with van der Waals surface area (Å²) >= 11 is 12.4. The summed E-state index contributed by atoms with van der Waals surface area (Å²) in [4.78, 5) is 51.4. The van der Waals surface area contributed by atoms with Gasteiger partial charge in [0.25, 0.3) is 12.9 Å². The van der Waals surface area contributed by atoms with Crippen molar-refractivity contribution in [3.05, 3.63) is 210 Å². The number of halogens is 6. The molecule has 4 fully saturated rings. The number of hydrogen-bond acceptors (Lipinski definition) is 12. The maximum absolute atomic E-state index is 13.3. The van der Waals surface area contributed by atoms with Gasteiger partial charge in [0, 0.05) is 64.3 Å².